The Morgan fingerprint density at radius 1 is 0.792 bits per heavy atom. The average molecular weight is 382 g/mol. The fourth-order valence-corrected chi connectivity index (χ4v) is 1.73. The summed E-state index contributed by atoms with van der Waals surface area (Å²) < 4.78 is 40.8. The number of carbonyl (C=O) groups excluding carboxylic acids is 4. The van der Waals surface area contributed by atoms with Crippen molar-refractivity contribution in [3.05, 3.63) is 0 Å². The zero-order chi connectivity index (χ0) is 18.7. The van der Waals surface area contributed by atoms with E-state index in [0.29, 0.717) is 10.7 Å². The quantitative estimate of drug-likeness (QED) is 0.238. The van der Waals surface area contributed by atoms with E-state index in [1.807, 2.05) is 10.6 Å². The molecular formula is C10H14N4O8S2. The van der Waals surface area contributed by atoms with E-state index in [1.54, 1.807) is 0 Å². The van der Waals surface area contributed by atoms with Crippen LogP contribution in [0.1, 0.15) is 6.92 Å². The maximum absolute atomic E-state index is 11.4. The molecule has 0 aliphatic carbocycles. The Morgan fingerprint density at radius 3 is 1.42 bits per heavy atom. The predicted octanol–water partition coefficient (Wildman–Crippen LogP) is -4.84. The van der Waals surface area contributed by atoms with Gasteiger partial charge in [-0.25, -0.2) is 0 Å². The Labute approximate surface area is 139 Å². The van der Waals surface area contributed by atoms with Gasteiger partial charge in [0.25, 0.3) is 11.8 Å². The Kier molecular flexibility index (Phi) is 9.65. The third-order valence-corrected chi connectivity index (χ3v) is 2.82. The molecule has 0 aliphatic heterocycles. The van der Waals surface area contributed by atoms with Crippen molar-refractivity contribution in [2.75, 3.05) is 13.1 Å². The van der Waals surface area contributed by atoms with Crippen molar-refractivity contribution in [3.8, 4) is 0 Å². The molecule has 0 atom stereocenters. The van der Waals surface area contributed by atoms with Crippen LogP contribution in [-0.4, -0.2) is 70.5 Å². The molecule has 0 aromatic rings. The second kappa shape index (κ2) is 10.9. The molecule has 0 bridgehead atoms. The van der Waals surface area contributed by atoms with Crippen molar-refractivity contribution in [1.82, 2.24) is 21.3 Å². The van der Waals surface area contributed by atoms with Crippen LogP contribution in [0.2, 0.25) is 0 Å². The van der Waals surface area contributed by atoms with E-state index in [9.17, 15) is 36.0 Å². The third-order valence-electron chi connectivity index (χ3n) is 2.01. The van der Waals surface area contributed by atoms with Crippen LogP contribution in [0.4, 0.5) is 0 Å². The van der Waals surface area contributed by atoms with Gasteiger partial charge < -0.3 is 21.3 Å². The van der Waals surface area contributed by atoms with E-state index in [1.165, 1.54) is 6.92 Å². The molecule has 0 spiro atoms. The molecule has 0 radical (unpaired) electrons. The van der Waals surface area contributed by atoms with Crippen LogP contribution in [0.25, 0.3) is 0 Å². The summed E-state index contributed by atoms with van der Waals surface area (Å²) in [5.41, 5.74) is 0. The molecular weight excluding hydrogens is 368 g/mol. The lowest BCUT2D eigenvalue weighted by molar-refractivity contribution is -0.126. The summed E-state index contributed by atoms with van der Waals surface area (Å²) in [6, 6.07) is 0. The van der Waals surface area contributed by atoms with Crippen molar-refractivity contribution in [2.45, 2.75) is 13.1 Å². The van der Waals surface area contributed by atoms with E-state index in [2.05, 4.69) is 10.6 Å². The average Bonchev–Trinajstić information content (AvgIpc) is 2.41. The fraction of sp³-hybridized carbons (Fsp3) is 0.400. The summed E-state index contributed by atoms with van der Waals surface area (Å²) in [5, 5.41) is 9.21. The lowest BCUT2D eigenvalue weighted by Gasteiger charge is -2.15. The summed E-state index contributed by atoms with van der Waals surface area (Å²) in [5.74, 6) is -3.38. The molecule has 134 valence electrons. The number of hydrogen-bond acceptors (Lipinski definition) is 8. The molecule has 0 aliphatic rings. The number of carbonyl (C=O) groups is 4. The first-order valence-corrected chi connectivity index (χ1v) is 8.38. The molecule has 14 heteroatoms. The molecule has 0 aromatic heterocycles. The summed E-state index contributed by atoms with van der Waals surface area (Å²) in [4.78, 5) is 44.7. The summed E-state index contributed by atoms with van der Waals surface area (Å²) in [7, 11) is -5.38. The Bertz CT molecular complexity index is 702. The molecule has 0 saturated carbocycles. The lowest BCUT2D eigenvalue weighted by Crippen LogP contribution is -2.51. The Balaban J connectivity index is 4.17. The van der Waals surface area contributed by atoms with Gasteiger partial charge in [-0.1, -0.05) is 0 Å². The zero-order valence-corrected chi connectivity index (χ0v) is 13.9. The van der Waals surface area contributed by atoms with Gasteiger partial charge in [0, 0.05) is 0 Å². The van der Waals surface area contributed by atoms with Crippen LogP contribution in [-0.2, 0) is 39.8 Å². The van der Waals surface area contributed by atoms with Crippen LogP contribution in [0.3, 0.4) is 0 Å². The summed E-state index contributed by atoms with van der Waals surface area (Å²) in [6.07, 6.45) is -0.867. The molecule has 12 nitrogen and oxygen atoms in total. The minimum atomic E-state index is -2.69. The zero-order valence-electron chi connectivity index (χ0n) is 12.2. The van der Waals surface area contributed by atoms with Gasteiger partial charge in [0.15, 0.2) is 0 Å². The third kappa shape index (κ3) is 11.9. The normalized spacial score (nSPS) is 9.42. The van der Waals surface area contributed by atoms with E-state index in [0.717, 1.165) is 0 Å². The highest BCUT2D eigenvalue weighted by Crippen LogP contribution is 1.77. The molecule has 24 heavy (non-hydrogen) atoms. The Hall–Kier alpha value is -2.74. The standard InChI is InChI=1S/C10H14N4O8S2/c1-6(13-7(15)2-11-9(17)4-23(19)20)14-8(16)3-12-10(18)5-24(21)22/h4-6H,2-3H2,1H3,(H,11,17)(H,12,18)(H,13,15)(H,14,16). The van der Waals surface area contributed by atoms with E-state index in [4.69, 9.17) is 0 Å². The van der Waals surface area contributed by atoms with Gasteiger partial charge in [-0.15, -0.1) is 0 Å². The van der Waals surface area contributed by atoms with E-state index >= 15 is 0 Å². The van der Waals surface area contributed by atoms with Gasteiger partial charge in [-0.2, -0.15) is 16.8 Å². The minimum absolute atomic E-state index is 0.340. The minimum Gasteiger partial charge on any atom is -0.343 e. The van der Waals surface area contributed by atoms with Crippen molar-refractivity contribution in [2.24, 2.45) is 0 Å². The first-order chi connectivity index (χ1) is 11.1. The summed E-state index contributed by atoms with van der Waals surface area (Å²) >= 11 is 0. The number of rotatable bonds is 8. The SMILES string of the molecule is CC(NC(=O)CNC(=O)C=S(=O)=O)NC(=O)CNC(=O)C=S(=O)=O. The highest BCUT2D eigenvalue weighted by molar-refractivity contribution is 7.73. The number of hydrogen-bond donors (Lipinski definition) is 4. The molecule has 0 heterocycles. The molecule has 0 fully saturated rings. The van der Waals surface area contributed by atoms with Gasteiger partial charge in [0.1, 0.15) is 10.7 Å². The fourth-order valence-electron chi connectivity index (χ4n) is 1.21. The van der Waals surface area contributed by atoms with Gasteiger partial charge in [-0.3, -0.25) is 19.2 Å². The maximum Gasteiger partial charge on any atom is 0.259 e. The van der Waals surface area contributed by atoms with Gasteiger partial charge in [-0.05, 0) is 6.92 Å². The second-order valence-corrected chi connectivity index (χ2v) is 5.56. The van der Waals surface area contributed by atoms with Crippen molar-refractivity contribution in [1.29, 1.82) is 0 Å². The van der Waals surface area contributed by atoms with Gasteiger partial charge >= 0.3 is 0 Å². The molecule has 4 N–H and O–H groups in total. The van der Waals surface area contributed by atoms with E-state index < -0.39 is 63.5 Å². The highest BCUT2D eigenvalue weighted by Gasteiger charge is 2.11. The van der Waals surface area contributed by atoms with Crippen molar-refractivity contribution in [3.63, 3.8) is 0 Å². The van der Waals surface area contributed by atoms with Gasteiger partial charge in [0.05, 0.1) is 19.3 Å². The molecule has 0 saturated heterocycles. The maximum atomic E-state index is 11.4. The van der Waals surface area contributed by atoms with Crippen molar-refractivity contribution < 1.29 is 36.0 Å². The smallest absolute Gasteiger partial charge is 0.259 e. The summed E-state index contributed by atoms with van der Waals surface area (Å²) in [6.45, 7) is 0.346. The van der Waals surface area contributed by atoms with Crippen LogP contribution >= 0.6 is 0 Å². The first kappa shape index (κ1) is 21.3. The van der Waals surface area contributed by atoms with Gasteiger partial charge in [0.2, 0.25) is 32.4 Å². The largest absolute Gasteiger partial charge is 0.343 e. The molecule has 0 unspecified atom stereocenters. The Morgan fingerprint density at radius 2 is 1.12 bits per heavy atom. The van der Waals surface area contributed by atoms with Crippen LogP contribution < -0.4 is 21.3 Å². The van der Waals surface area contributed by atoms with Crippen molar-refractivity contribution >= 4 is 55.0 Å². The second-order valence-electron chi connectivity index (χ2n) is 4.05. The molecule has 0 rings (SSSR count). The predicted molar refractivity (Wildman–Crippen MR) is 81.7 cm³/mol. The molecule has 4 amide bonds. The highest BCUT2D eigenvalue weighted by atomic mass is 32.2. The van der Waals surface area contributed by atoms with E-state index in [-0.39, 0.29) is 0 Å². The first-order valence-electron chi connectivity index (χ1n) is 6.10. The topological polar surface area (TPSA) is 185 Å². The number of amides is 4. The van der Waals surface area contributed by atoms with Crippen LogP contribution in [0.15, 0.2) is 0 Å². The van der Waals surface area contributed by atoms with Crippen LogP contribution in [0, 0.1) is 0 Å². The number of nitrogens with one attached hydrogen (secondary N) is 4. The van der Waals surface area contributed by atoms with Crippen LogP contribution in [0.5, 0.6) is 0 Å². The molecule has 0 aromatic carbocycles. The lowest BCUT2D eigenvalue weighted by atomic mass is 10.4. The monoisotopic (exact) mass is 382 g/mol.